The number of aliphatic hydroxyl groups is 1. The van der Waals surface area contributed by atoms with Gasteiger partial charge in [0.2, 0.25) is 0 Å². The highest BCUT2D eigenvalue weighted by atomic mass is 16.5. The monoisotopic (exact) mass is 486 g/mol. The van der Waals surface area contributed by atoms with Gasteiger partial charge in [-0.15, -0.1) is 0 Å². The van der Waals surface area contributed by atoms with Gasteiger partial charge in [-0.1, -0.05) is 26.8 Å². The van der Waals surface area contributed by atoms with Crippen LogP contribution in [0.2, 0.25) is 0 Å². The molecule has 1 fully saturated rings. The minimum absolute atomic E-state index is 0.0121. The summed E-state index contributed by atoms with van der Waals surface area (Å²) < 4.78 is 11.1. The third-order valence-corrected chi connectivity index (χ3v) is 6.16. The highest BCUT2D eigenvalue weighted by Gasteiger charge is 2.47. The maximum atomic E-state index is 13.4. The smallest absolute Gasteiger partial charge is 0.300 e. The van der Waals surface area contributed by atoms with E-state index in [4.69, 9.17) is 9.47 Å². The molecule has 1 N–H and O–H groups in total. The molecule has 1 atom stereocenters. The Balaban J connectivity index is 1.93. The van der Waals surface area contributed by atoms with Crippen LogP contribution in [0.1, 0.15) is 50.4 Å². The second-order valence-electron chi connectivity index (χ2n) is 9.55. The van der Waals surface area contributed by atoms with Gasteiger partial charge in [0.05, 0.1) is 25.3 Å². The Hall–Kier alpha value is -4.13. The number of benzene rings is 2. The van der Waals surface area contributed by atoms with Gasteiger partial charge in [0.1, 0.15) is 17.3 Å². The lowest BCUT2D eigenvalue weighted by atomic mass is 9.84. The molecule has 1 amide bonds. The number of anilines is 1. The van der Waals surface area contributed by atoms with Gasteiger partial charge in [0, 0.05) is 35.3 Å². The predicted molar refractivity (Wildman–Crippen MR) is 138 cm³/mol. The van der Waals surface area contributed by atoms with E-state index >= 15 is 0 Å². The number of carbonyl (C=O) groups is 2. The summed E-state index contributed by atoms with van der Waals surface area (Å²) >= 11 is 0. The Morgan fingerprint density at radius 3 is 2.42 bits per heavy atom. The van der Waals surface area contributed by atoms with Crippen LogP contribution in [0.4, 0.5) is 5.69 Å². The summed E-state index contributed by atoms with van der Waals surface area (Å²) in [6.45, 7) is 8.56. The summed E-state index contributed by atoms with van der Waals surface area (Å²) in [4.78, 5) is 32.2. The van der Waals surface area contributed by atoms with E-state index in [0.717, 1.165) is 5.56 Å². The zero-order chi connectivity index (χ0) is 26.0. The number of ether oxygens (including phenoxy) is 2. The molecular formula is C29H30N2O5. The molecule has 3 aromatic rings. The first-order chi connectivity index (χ1) is 17.2. The van der Waals surface area contributed by atoms with E-state index in [0.29, 0.717) is 34.9 Å². The molecule has 2 aromatic carbocycles. The second kappa shape index (κ2) is 9.85. The number of aliphatic hydroxyl groups excluding tert-OH is 1. The van der Waals surface area contributed by atoms with Gasteiger partial charge in [-0.05, 0) is 60.4 Å². The average molecular weight is 487 g/mol. The number of amides is 1. The third kappa shape index (κ3) is 4.56. The van der Waals surface area contributed by atoms with Crippen molar-refractivity contribution in [3.63, 3.8) is 0 Å². The molecule has 1 saturated heterocycles. The summed E-state index contributed by atoms with van der Waals surface area (Å²) in [6.07, 6.45) is 3.19. The van der Waals surface area contributed by atoms with Crippen LogP contribution in [0.15, 0.2) is 72.6 Å². The molecule has 2 heterocycles. The third-order valence-electron chi connectivity index (χ3n) is 6.16. The Morgan fingerprint density at radius 2 is 1.78 bits per heavy atom. The summed E-state index contributed by atoms with van der Waals surface area (Å²) in [7, 11) is 1.53. The van der Waals surface area contributed by atoms with E-state index in [1.54, 1.807) is 60.9 Å². The van der Waals surface area contributed by atoms with Crippen LogP contribution in [0.5, 0.6) is 11.5 Å². The van der Waals surface area contributed by atoms with Crippen LogP contribution in [0.25, 0.3) is 5.76 Å². The Kier molecular flexibility index (Phi) is 6.84. The van der Waals surface area contributed by atoms with Crippen molar-refractivity contribution in [3.8, 4) is 11.5 Å². The Labute approximate surface area is 211 Å². The highest BCUT2D eigenvalue weighted by molar-refractivity contribution is 6.51. The van der Waals surface area contributed by atoms with Gasteiger partial charge in [-0.2, -0.15) is 0 Å². The van der Waals surface area contributed by atoms with Crippen molar-refractivity contribution in [2.45, 2.75) is 39.2 Å². The maximum Gasteiger partial charge on any atom is 0.300 e. The van der Waals surface area contributed by atoms with Crippen LogP contribution in [0.3, 0.4) is 0 Å². The van der Waals surface area contributed by atoms with Crippen LogP contribution < -0.4 is 14.4 Å². The van der Waals surface area contributed by atoms with Crippen LogP contribution >= 0.6 is 0 Å². The van der Waals surface area contributed by atoms with E-state index in [9.17, 15) is 14.7 Å². The molecule has 1 aliphatic heterocycles. The highest BCUT2D eigenvalue weighted by Crippen LogP contribution is 2.43. The van der Waals surface area contributed by atoms with Crippen molar-refractivity contribution in [3.05, 3.63) is 89.3 Å². The zero-order valence-corrected chi connectivity index (χ0v) is 21.1. The van der Waals surface area contributed by atoms with Gasteiger partial charge < -0.3 is 14.6 Å². The Bertz CT molecular complexity index is 1320. The molecule has 7 heteroatoms. The van der Waals surface area contributed by atoms with E-state index in [-0.39, 0.29) is 16.7 Å². The van der Waals surface area contributed by atoms with Gasteiger partial charge in [-0.3, -0.25) is 19.5 Å². The normalized spacial score (nSPS) is 17.4. The molecule has 0 radical (unpaired) electrons. The van der Waals surface area contributed by atoms with Crippen molar-refractivity contribution in [2.75, 3.05) is 18.6 Å². The van der Waals surface area contributed by atoms with Crippen LogP contribution in [-0.4, -0.2) is 35.5 Å². The summed E-state index contributed by atoms with van der Waals surface area (Å²) in [5.41, 5.74) is 2.19. The molecular weight excluding hydrogens is 456 g/mol. The van der Waals surface area contributed by atoms with E-state index in [1.165, 1.54) is 12.0 Å². The molecule has 7 nitrogen and oxygen atoms in total. The van der Waals surface area contributed by atoms with Crippen molar-refractivity contribution < 1.29 is 24.2 Å². The first kappa shape index (κ1) is 25.0. The van der Waals surface area contributed by atoms with Gasteiger partial charge in [-0.25, -0.2) is 0 Å². The molecule has 0 aliphatic carbocycles. The fourth-order valence-electron chi connectivity index (χ4n) is 4.42. The number of hydrogen-bond acceptors (Lipinski definition) is 6. The fourth-order valence-corrected chi connectivity index (χ4v) is 4.42. The second-order valence-corrected chi connectivity index (χ2v) is 9.55. The summed E-state index contributed by atoms with van der Waals surface area (Å²) in [5.74, 6) is -0.473. The fraction of sp³-hybridized carbons (Fsp3) is 0.276. The number of methoxy groups -OCH3 is 1. The number of pyridine rings is 1. The van der Waals surface area contributed by atoms with E-state index in [2.05, 4.69) is 4.98 Å². The van der Waals surface area contributed by atoms with E-state index < -0.39 is 17.7 Å². The Morgan fingerprint density at radius 1 is 1.06 bits per heavy atom. The molecule has 0 saturated carbocycles. The molecule has 1 unspecified atom stereocenters. The molecule has 4 rings (SSSR count). The summed E-state index contributed by atoms with van der Waals surface area (Å²) in [5, 5.41) is 11.5. The van der Waals surface area contributed by atoms with Gasteiger partial charge in [0.15, 0.2) is 0 Å². The van der Waals surface area contributed by atoms with Crippen LogP contribution in [0, 0.1) is 0 Å². The summed E-state index contributed by atoms with van der Waals surface area (Å²) in [6, 6.07) is 14.9. The van der Waals surface area contributed by atoms with Crippen molar-refractivity contribution in [1.82, 2.24) is 4.98 Å². The van der Waals surface area contributed by atoms with Crippen molar-refractivity contribution >= 4 is 23.1 Å². The van der Waals surface area contributed by atoms with Gasteiger partial charge in [0.25, 0.3) is 11.7 Å². The zero-order valence-electron chi connectivity index (χ0n) is 21.1. The lowest BCUT2D eigenvalue weighted by Gasteiger charge is -2.26. The number of hydrogen-bond donors (Lipinski definition) is 1. The molecule has 0 bridgehead atoms. The minimum Gasteiger partial charge on any atom is -0.507 e. The molecule has 186 valence electrons. The molecule has 36 heavy (non-hydrogen) atoms. The SMILES string of the molecule is CCOc1ccc(/C(O)=C2/C(=O)C(=O)N(c3cccc(OC)c3)C2c2ccncc2)cc1C(C)(C)C. The number of nitrogens with zero attached hydrogens (tertiary/aromatic N) is 2. The predicted octanol–water partition coefficient (Wildman–Crippen LogP) is 5.41. The molecule has 1 aromatic heterocycles. The van der Waals surface area contributed by atoms with E-state index in [1.807, 2.05) is 33.8 Å². The van der Waals surface area contributed by atoms with Crippen molar-refractivity contribution in [1.29, 1.82) is 0 Å². The first-order valence-corrected chi connectivity index (χ1v) is 11.8. The number of ketones is 1. The first-order valence-electron chi connectivity index (χ1n) is 11.8. The average Bonchev–Trinajstić information content (AvgIpc) is 3.14. The topological polar surface area (TPSA) is 89.0 Å². The number of Topliss-reactive ketones (excluding diaryl/α,β-unsaturated/α-hetero) is 1. The number of aromatic nitrogens is 1. The van der Waals surface area contributed by atoms with Crippen LogP contribution in [-0.2, 0) is 15.0 Å². The largest absolute Gasteiger partial charge is 0.507 e. The lowest BCUT2D eigenvalue weighted by molar-refractivity contribution is -0.132. The minimum atomic E-state index is -0.843. The quantitative estimate of drug-likeness (QED) is 0.285. The van der Waals surface area contributed by atoms with Gasteiger partial charge >= 0.3 is 0 Å². The standard InChI is InChI=1S/C29H30N2O5/c1-6-36-23-11-10-19(16-22(23)29(2,3)4)26(32)24-25(18-12-14-30-15-13-18)31(28(34)27(24)33)20-8-7-9-21(17-20)35-5/h7-17,25,32H,6H2,1-5H3/b26-24-. The molecule has 0 spiro atoms. The number of carbonyl (C=O) groups excluding carboxylic acids is 2. The molecule has 1 aliphatic rings. The number of rotatable bonds is 6. The lowest BCUT2D eigenvalue weighted by Crippen LogP contribution is -2.29. The maximum absolute atomic E-state index is 13.4. The van der Waals surface area contributed by atoms with Crippen molar-refractivity contribution in [2.24, 2.45) is 0 Å².